The van der Waals surface area contributed by atoms with Gasteiger partial charge in [0.1, 0.15) is 36.6 Å². The largest absolute Gasteiger partial charge is 0.475 e. The summed E-state index contributed by atoms with van der Waals surface area (Å²) >= 11 is 0. The number of ether oxygens (including phenoxy) is 3. The molecule has 4 fully saturated rings. The van der Waals surface area contributed by atoms with Gasteiger partial charge < -0.3 is 23.3 Å². The van der Waals surface area contributed by atoms with Crippen LogP contribution in [0.15, 0.2) is 121 Å². The van der Waals surface area contributed by atoms with E-state index in [9.17, 15) is 13.7 Å². The van der Waals surface area contributed by atoms with Crippen molar-refractivity contribution in [2.45, 2.75) is 69.5 Å². The molecule has 0 amide bonds. The van der Waals surface area contributed by atoms with Crippen LogP contribution in [-0.4, -0.2) is 56.4 Å². The highest BCUT2D eigenvalue weighted by molar-refractivity contribution is 7.53. The molecule has 0 spiro atoms. The molecule has 4 bridgehead atoms. The van der Waals surface area contributed by atoms with Crippen LogP contribution < -0.4 is 0 Å². The third-order valence-corrected chi connectivity index (χ3v) is 12.5. The van der Waals surface area contributed by atoms with Gasteiger partial charge in [0.25, 0.3) is 6.48 Å². The Kier molecular flexibility index (Phi) is 12.3. The lowest BCUT2D eigenvalue weighted by Crippen LogP contribution is -2.75. The normalized spacial score (nSPS) is 27.2. The maximum absolute atomic E-state index is 14.6. The van der Waals surface area contributed by atoms with E-state index >= 15 is 0 Å². The molecule has 6 unspecified atom stereocenters. The first-order valence-electron chi connectivity index (χ1n) is 17.1. The maximum atomic E-state index is 14.6. The molecule has 3 aliphatic heterocycles. The summed E-state index contributed by atoms with van der Waals surface area (Å²) in [6.07, 6.45) is -6.86. The van der Waals surface area contributed by atoms with Crippen LogP contribution in [0.2, 0.25) is 0 Å². The molecule has 3 saturated heterocycles. The number of rotatable bonds is 18. The van der Waals surface area contributed by atoms with Gasteiger partial charge in [0.2, 0.25) is 0 Å². The highest BCUT2D eigenvalue weighted by Gasteiger charge is 2.66. The first-order chi connectivity index (χ1) is 25.5. The van der Waals surface area contributed by atoms with Crippen LogP contribution in [0.4, 0.5) is 0 Å². The lowest BCUT2D eigenvalue weighted by Gasteiger charge is -2.58. The van der Waals surface area contributed by atoms with Gasteiger partial charge in [-0.15, -0.1) is 0 Å². The van der Waals surface area contributed by atoms with Crippen molar-refractivity contribution in [1.82, 2.24) is 0 Å². The Balaban J connectivity index is 1.17. The van der Waals surface area contributed by atoms with Crippen molar-refractivity contribution in [2.24, 2.45) is 0 Å². The predicted molar refractivity (Wildman–Crippen MR) is 193 cm³/mol. The van der Waals surface area contributed by atoms with Crippen molar-refractivity contribution in [2.75, 3.05) is 13.3 Å². The van der Waals surface area contributed by atoms with Crippen molar-refractivity contribution >= 4 is 23.0 Å². The standard InChI is InChI=1S/C37H41O13P3/c1-51(38,41-23-27-15-7-3-8-16-27)48-34-31-35(49-52(2,39)42-24-28-17-9-4-10-18-28)33-36(32(34)46-37(45-31)47-33)50-53(40,43-25-29-19-11-5-12-20-29)44-26-30-21-13-6-14-22-30/h3-22,31-37H,23-26H2,1-2H3. The average molecular weight is 787 g/mol. The van der Waals surface area contributed by atoms with Gasteiger partial charge in [-0.25, -0.2) is 4.57 Å². The Morgan fingerprint density at radius 3 is 1.04 bits per heavy atom. The van der Waals surface area contributed by atoms with E-state index in [-0.39, 0.29) is 26.4 Å². The summed E-state index contributed by atoms with van der Waals surface area (Å²) in [5.41, 5.74) is 3.00. The molecule has 282 valence electrons. The monoisotopic (exact) mass is 786 g/mol. The van der Waals surface area contributed by atoms with E-state index in [1.807, 2.05) is 121 Å². The quantitative estimate of drug-likeness (QED) is 0.0894. The van der Waals surface area contributed by atoms with E-state index in [0.717, 1.165) is 22.3 Å². The molecule has 4 aliphatic rings. The van der Waals surface area contributed by atoms with Crippen LogP contribution >= 0.6 is 23.0 Å². The van der Waals surface area contributed by atoms with Crippen LogP contribution in [0.25, 0.3) is 0 Å². The first-order valence-corrected chi connectivity index (χ1v) is 22.5. The molecular formula is C37H41O13P3. The number of hydrogen-bond acceptors (Lipinski definition) is 13. The summed E-state index contributed by atoms with van der Waals surface area (Å²) in [6, 6.07) is 36.6. The average Bonchev–Trinajstić information content (AvgIpc) is 3.17. The van der Waals surface area contributed by atoms with Gasteiger partial charge in [-0.05, 0) is 22.3 Å². The molecule has 16 heteroatoms. The van der Waals surface area contributed by atoms with Gasteiger partial charge in [0.15, 0.2) is 0 Å². The van der Waals surface area contributed by atoms with Crippen molar-refractivity contribution in [3.63, 3.8) is 0 Å². The SMILES string of the molecule is CP(=O)(OCc1ccccc1)OC1C2OC3OC1C(OP(=O)(OCc1ccccc1)OCc1ccccc1)C(O3)C2OP(C)(=O)OCc1ccccc1. The van der Waals surface area contributed by atoms with E-state index in [1.165, 1.54) is 13.3 Å². The zero-order chi connectivity index (χ0) is 36.9. The van der Waals surface area contributed by atoms with Crippen molar-refractivity contribution < 1.29 is 59.6 Å². The Bertz CT molecular complexity index is 1790. The van der Waals surface area contributed by atoms with Gasteiger partial charge in [0.05, 0.1) is 26.4 Å². The first kappa shape index (κ1) is 38.4. The number of phosphoric ester groups is 1. The second-order valence-electron chi connectivity index (χ2n) is 12.8. The summed E-state index contributed by atoms with van der Waals surface area (Å²) in [5.74, 6) is 0. The predicted octanol–water partition coefficient (Wildman–Crippen LogP) is 8.24. The van der Waals surface area contributed by atoms with E-state index in [4.69, 9.17) is 45.9 Å². The van der Waals surface area contributed by atoms with Gasteiger partial charge in [-0.2, -0.15) is 0 Å². The molecule has 8 rings (SSSR count). The fourth-order valence-electron chi connectivity index (χ4n) is 6.17. The molecule has 0 aromatic heterocycles. The second kappa shape index (κ2) is 16.9. The Morgan fingerprint density at radius 2 is 0.717 bits per heavy atom. The summed E-state index contributed by atoms with van der Waals surface area (Å²) in [7, 11) is -12.1. The van der Waals surface area contributed by atoms with Crippen molar-refractivity contribution in [1.29, 1.82) is 0 Å². The highest BCUT2D eigenvalue weighted by atomic mass is 31.2. The molecule has 4 aromatic rings. The second-order valence-corrected chi connectivity index (χ2v) is 18.5. The Morgan fingerprint density at radius 1 is 0.434 bits per heavy atom. The molecule has 53 heavy (non-hydrogen) atoms. The van der Waals surface area contributed by atoms with Crippen molar-refractivity contribution in [3.05, 3.63) is 144 Å². The number of hydrogen-bond donors (Lipinski definition) is 0. The molecule has 1 saturated carbocycles. The lowest BCUT2D eigenvalue weighted by molar-refractivity contribution is -0.475. The van der Waals surface area contributed by atoms with Crippen LogP contribution in [-0.2, 0) is 86.0 Å². The number of benzene rings is 4. The Labute approximate surface area is 308 Å². The molecule has 13 nitrogen and oxygen atoms in total. The fourth-order valence-corrected chi connectivity index (χ4v) is 9.77. The summed E-state index contributed by atoms with van der Waals surface area (Å²) < 4.78 is 103. The zero-order valence-corrected chi connectivity index (χ0v) is 31.7. The highest BCUT2D eigenvalue weighted by Crippen LogP contribution is 2.60. The summed E-state index contributed by atoms with van der Waals surface area (Å²) in [6.45, 7) is 1.23. The third kappa shape index (κ3) is 10.1. The lowest BCUT2D eigenvalue weighted by atomic mass is 9.83. The zero-order valence-electron chi connectivity index (χ0n) is 29.1. The molecule has 3 heterocycles. The molecule has 0 N–H and O–H groups in total. The summed E-state index contributed by atoms with van der Waals surface area (Å²) in [4.78, 5) is 0. The van der Waals surface area contributed by atoms with E-state index in [0.29, 0.717) is 0 Å². The molecule has 0 radical (unpaired) electrons. The van der Waals surface area contributed by atoms with Crippen LogP contribution in [0.1, 0.15) is 22.3 Å². The van der Waals surface area contributed by atoms with Crippen LogP contribution in [0.3, 0.4) is 0 Å². The fraction of sp³-hybridized carbons (Fsp3) is 0.351. The smallest absolute Gasteiger partial charge is 0.321 e. The minimum atomic E-state index is -4.45. The summed E-state index contributed by atoms with van der Waals surface area (Å²) in [5, 5.41) is 0. The maximum Gasteiger partial charge on any atom is 0.475 e. The van der Waals surface area contributed by atoms with Crippen LogP contribution in [0.5, 0.6) is 0 Å². The minimum Gasteiger partial charge on any atom is -0.321 e. The third-order valence-electron chi connectivity index (χ3n) is 8.71. The van der Waals surface area contributed by atoms with Crippen LogP contribution in [0, 0.1) is 0 Å². The molecular weight excluding hydrogens is 745 g/mol. The van der Waals surface area contributed by atoms with E-state index < -0.39 is 66.1 Å². The molecule has 6 atom stereocenters. The number of phosphoric acid groups is 1. The van der Waals surface area contributed by atoms with E-state index in [2.05, 4.69) is 0 Å². The molecule has 1 aliphatic carbocycles. The van der Waals surface area contributed by atoms with Gasteiger partial charge in [-0.3, -0.25) is 31.7 Å². The van der Waals surface area contributed by atoms with Gasteiger partial charge in [0, 0.05) is 13.3 Å². The van der Waals surface area contributed by atoms with Crippen molar-refractivity contribution in [3.8, 4) is 0 Å². The topological polar surface area (TPSA) is 144 Å². The van der Waals surface area contributed by atoms with Gasteiger partial charge in [-0.1, -0.05) is 121 Å². The van der Waals surface area contributed by atoms with Gasteiger partial charge >= 0.3 is 23.0 Å². The molecule has 4 aromatic carbocycles. The minimum absolute atomic E-state index is 0.0000540. The van der Waals surface area contributed by atoms with E-state index in [1.54, 1.807) is 0 Å². The Hall–Kier alpha value is -2.83.